The zero-order valence-electron chi connectivity index (χ0n) is 33.1. The number of nitrogens with zero attached hydrogens (tertiary/aromatic N) is 2. The molecule has 10 aromatic carbocycles. The molecule has 0 fully saturated rings. The second-order valence-corrected chi connectivity index (χ2v) is 15.7. The average molecular weight is 793 g/mol. The third-order valence-corrected chi connectivity index (χ3v) is 12.0. The van der Waals surface area contributed by atoms with Crippen LogP contribution in [0.25, 0.3) is 122 Å². The summed E-state index contributed by atoms with van der Waals surface area (Å²) >= 11 is 0. The van der Waals surface area contributed by atoms with Crippen molar-refractivity contribution in [2.75, 3.05) is 0 Å². The van der Waals surface area contributed by atoms with Gasteiger partial charge in [0, 0.05) is 32.8 Å². The number of rotatable bonds is 6. The van der Waals surface area contributed by atoms with Crippen molar-refractivity contribution in [1.82, 2.24) is 9.97 Å². The Kier molecular flexibility index (Phi) is 9.02. The molecular formula is C59H40N2O. The van der Waals surface area contributed by atoms with Gasteiger partial charge in [0.1, 0.15) is 11.2 Å². The number of hydrogen-bond acceptors (Lipinski definition) is 3. The van der Waals surface area contributed by atoms with Crippen LogP contribution in [0.4, 0.5) is 0 Å². The van der Waals surface area contributed by atoms with Gasteiger partial charge in [-0.05, 0) is 103 Å². The molecule has 292 valence electrons. The monoisotopic (exact) mass is 792 g/mol. The molecule has 3 nitrogen and oxygen atoms in total. The van der Waals surface area contributed by atoms with E-state index >= 15 is 0 Å². The van der Waals surface area contributed by atoms with E-state index in [2.05, 4.69) is 182 Å². The molecule has 0 saturated carbocycles. The maximum Gasteiger partial charge on any atom is 0.160 e. The molecule has 0 bridgehead atoms. The number of aromatic nitrogens is 2. The molecule has 3 heteroatoms. The van der Waals surface area contributed by atoms with Gasteiger partial charge in [-0.25, -0.2) is 9.97 Å². The Bertz CT molecular complexity index is 3570. The normalized spacial score (nSPS) is 11.4. The van der Waals surface area contributed by atoms with E-state index in [0.717, 1.165) is 60.8 Å². The van der Waals surface area contributed by atoms with Crippen LogP contribution < -0.4 is 0 Å². The highest BCUT2D eigenvalue weighted by Gasteiger charge is 2.18. The van der Waals surface area contributed by atoms with Crippen molar-refractivity contribution >= 4 is 54.3 Å². The minimum Gasteiger partial charge on any atom is -0.455 e. The highest BCUT2D eigenvalue weighted by atomic mass is 16.3. The Hall–Kier alpha value is -8.14. The molecule has 12 rings (SSSR count). The van der Waals surface area contributed by atoms with Crippen LogP contribution in [0.5, 0.6) is 0 Å². The fraction of sp³-hybridized carbons (Fsp3) is 0.0169. The van der Waals surface area contributed by atoms with Crippen molar-refractivity contribution in [1.29, 1.82) is 0 Å². The van der Waals surface area contributed by atoms with Gasteiger partial charge in [-0.2, -0.15) is 0 Å². The topological polar surface area (TPSA) is 38.9 Å². The lowest BCUT2D eigenvalue weighted by Gasteiger charge is -2.11. The Morgan fingerprint density at radius 3 is 1.45 bits per heavy atom. The molecule has 0 atom stereocenters. The first-order chi connectivity index (χ1) is 30.2. The summed E-state index contributed by atoms with van der Waals surface area (Å²) in [4.78, 5) is 10.0. The summed E-state index contributed by atoms with van der Waals surface area (Å²) in [6.45, 7) is 0. The van der Waals surface area contributed by atoms with E-state index in [-0.39, 0.29) is 7.43 Å². The van der Waals surface area contributed by atoms with Gasteiger partial charge in [-0.3, -0.25) is 0 Å². The lowest BCUT2D eigenvalue weighted by Crippen LogP contribution is -1.95. The van der Waals surface area contributed by atoms with E-state index in [1.165, 1.54) is 54.9 Å². The van der Waals surface area contributed by atoms with Crippen LogP contribution in [-0.2, 0) is 0 Å². The van der Waals surface area contributed by atoms with Gasteiger partial charge in [0.25, 0.3) is 0 Å². The summed E-state index contributed by atoms with van der Waals surface area (Å²) in [5, 5.41) is 9.33. The van der Waals surface area contributed by atoms with E-state index in [1.807, 2.05) is 36.4 Å². The number of benzene rings is 10. The van der Waals surface area contributed by atoms with E-state index in [4.69, 9.17) is 14.4 Å². The van der Waals surface area contributed by atoms with Crippen LogP contribution in [-0.4, -0.2) is 9.97 Å². The average Bonchev–Trinajstić information content (AvgIpc) is 3.73. The fourth-order valence-electron chi connectivity index (χ4n) is 8.99. The van der Waals surface area contributed by atoms with Crippen LogP contribution in [0.2, 0.25) is 0 Å². The lowest BCUT2D eigenvalue weighted by atomic mass is 9.92. The minimum atomic E-state index is 0. The number of fused-ring (bicyclic) bond motifs is 7. The van der Waals surface area contributed by atoms with Gasteiger partial charge >= 0.3 is 0 Å². The number of hydrogen-bond donors (Lipinski definition) is 0. The van der Waals surface area contributed by atoms with Gasteiger partial charge in [-0.15, -0.1) is 0 Å². The summed E-state index contributed by atoms with van der Waals surface area (Å²) in [6.07, 6.45) is 0. The zero-order valence-corrected chi connectivity index (χ0v) is 33.1. The summed E-state index contributed by atoms with van der Waals surface area (Å²) < 4.78 is 6.67. The Labute approximate surface area is 360 Å². The van der Waals surface area contributed by atoms with Crippen molar-refractivity contribution in [2.24, 2.45) is 0 Å². The summed E-state index contributed by atoms with van der Waals surface area (Å²) in [7, 11) is 0. The predicted octanol–water partition coefficient (Wildman–Crippen LogP) is 16.5. The second kappa shape index (κ2) is 15.2. The molecule has 0 radical (unpaired) electrons. The molecule has 0 unspecified atom stereocenters. The first-order valence-corrected chi connectivity index (χ1v) is 20.7. The van der Waals surface area contributed by atoms with Crippen LogP contribution >= 0.6 is 0 Å². The van der Waals surface area contributed by atoms with Gasteiger partial charge < -0.3 is 4.42 Å². The molecule has 0 aliphatic heterocycles. The fourth-order valence-corrected chi connectivity index (χ4v) is 8.99. The molecule has 12 aromatic rings. The molecule has 0 N–H and O–H groups in total. The van der Waals surface area contributed by atoms with E-state index < -0.39 is 0 Å². The van der Waals surface area contributed by atoms with Crippen molar-refractivity contribution in [3.8, 4) is 67.3 Å². The number of furan rings is 1. The molecule has 2 heterocycles. The summed E-state index contributed by atoms with van der Waals surface area (Å²) in [6, 6.07) is 77.6. The first-order valence-electron chi connectivity index (χ1n) is 20.7. The highest BCUT2D eigenvalue weighted by Crippen LogP contribution is 2.43. The molecule has 0 spiro atoms. The van der Waals surface area contributed by atoms with Gasteiger partial charge in [-0.1, -0.05) is 183 Å². The SMILES string of the molecule is C.c1ccc(-c2cc(-c3ccc4cc(-c5ccc6cc(-c7cccc8oc9c%10ccccc%10c(-c%10ccccc%10)cc9c78)ccc6c5)ccc4c3)nc(-c3ccccc3)n2)cc1. The maximum absolute atomic E-state index is 6.67. The third kappa shape index (κ3) is 6.39. The largest absolute Gasteiger partial charge is 0.455 e. The van der Waals surface area contributed by atoms with Crippen LogP contribution in [0.1, 0.15) is 7.43 Å². The van der Waals surface area contributed by atoms with Crippen LogP contribution in [0, 0.1) is 0 Å². The Morgan fingerprint density at radius 1 is 0.306 bits per heavy atom. The summed E-state index contributed by atoms with van der Waals surface area (Å²) in [5.74, 6) is 0.717. The molecular weight excluding hydrogens is 753 g/mol. The van der Waals surface area contributed by atoms with Gasteiger partial charge in [0.05, 0.1) is 11.4 Å². The summed E-state index contributed by atoms with van der Waals surface area (Å²) in [5.41, 5.74) is 13.9. The molecule has 0 amide bonds. The van der Waals surface area contributed by atoms with E-state index in [9.17, 15) is 0 Å². The quantitative estimate of drug-likeness (QED) is 0.168. The standard InChI is InChI=1S/C58H36N2O.CH4/c1-4-13-37(14-5-1)51-35-52-56-48(21-12-22-55(56)61-57(52)50-20-11-10-19-49(50)51)46-29-27-42-31-40(23-25-44(42)33-46)41-24-26-45-34-47(30-28-43(45)32-41)54-36-53(38-15-6-2-7-16-38)59-58(60-54)39-17-8-3-9-18-39;/h1-36H;1H4. The second-order valence-electron chi connectivity index (χ2n) is 15.7. The highest BCUT2D eigenvalue weighted by molar-refractivity contribution is 6.22. The Balaban J connectivity index is 0.00000432. The maximum atomic E-state index is 6.67. The van der Waals surface area contributed by atoms with E-state index in [1.54, 1.807) is 0 Å². The smallest absolute Gasteiger partial charge is 0.160 e. The van der Waals surface area contributed by atoms with Crippen molar-refractivity contribution in [3.05, 3.63) is 218 Å². The van der Waals surface area contributed by atoms with Crippen molar-refractivity contribution in [2.45, 2.75) is 7.43 Å². The van der Waals surface area contributed by atoms with Crippen LogP contribution in [0.3, 0.4) is 0 Å². The zero-order chi connectivity index (χ0) is 40.3. The third-order valence-electron chi connectivity index (χ3n) is 12.0. The molecule has 0 aliphatic rings. The molecule has 62 heavy (non-hydrogen) atoms. The van der Waals surface area contributed by atoms with E-state index in [0.29, 0.717) is 5.82 Å². The lowest BCUT2D eigenvalue weighted by molar-refractivity contribution is 0.673. The van der Waals surface area contributed by atoms with Crippen LogP contribution in [0.15, 0.2) is 223 Å². The van der Waals surface area contributed by atoms with Crippen molar-refractivity contribution in [3.63, 3.8) is 0 Å². The Morgan fingerprint density at radius 2 is 0.806 bits per heavy atom. The predicted molar refractivity (Wildman–Crippen MR) is 261 cm³/mol. The molecule has 0 saturated heterocycles. The first kappa shape index (κ1) is 36.9. The van der Waals surface area contributed by atoms with Gasteiger partial charge in [0.15, 0.2) is 5.82 Å². The molecule has 0 aliphatic carbocycles. The molecule has 2 aromatic heterocycles. The van der Waals surface area contributed by atoms with Gasteiger partial charge in [0.2, 0.25) is 0 Å². The van der Waals surface area contributed by atoms with Crippen molar-refractivity contribution < 1.29 is 4.42 Å². The minimum absolute atomic E-state index is 0.